The fraction of sp³-hybridized carbons (Fsp3) is 0.406. The van der Waals surface area contributed by atoms with Gasteiger partial charge in [-0.25, -0.2) is 8.42 Å². The molecule has 1 heterocycles. The van der Waals surface area contributed by atoms with Crippen molar-refractivity contribution >= 4 is 27.3 Å². The van der Waals surface area contributed by atoms with Gasteiger partial charge in [-0.15, -0.1) is 0 Å². The first-order valence-electron chi connectivity index (χ1n) is 14.5. The van der Waals surface area contributed by atoms with E-state index in [1.807, 2.05) is 24.3 Å². The summed E-state index contributed by atoms with van der Waals surface area (Å²) in [5, 5.41) is 6.17. The molecule has 7 nitrogen and oxygen atoms in total. The van der Waals surface area contributed by atoms with Crippen LogP contribution in [0.2, 0.25) is 0 Å². The van der Waals surface area contributed by atoms with Gasteiger partial charge >= 0.3 is 6.18 Å². The number of hydrogen-bond acceptors (Lipinski definition) is 5. The summed E-state index contributed by atoms with van der Waals surface area (Å²) in [7, 11) is -2.74. The largest absolute Gasteiger partial charge is 0.495 e. The zero-order valence-electron chi connectivity index (χ0n) is 24.2. The highest BCUT2D eigenvalue weighted by atomic mass is 32.2. The van der Waals surface area contributed by atoms with E-state index in [-0.39, 0.29) is 28.4 Å². The normalized spacial score (nSPS) is 20.1. The van der Waals surface area contributed by atoms with E-state index in [0.717, 1.165) is 24.6 Å². The third-order valence-electron chi connectivity index (χ3n) is 8.37. The van der Waals surface area contributed by atoms with E-state index in [4.69, 9.17) is 4.74 Å². The molecule has 2 fully saturated rings. The fourth-order valence-corrected chi connectivity index (χ4v) is 8.03. The van der Waals surface area contributed by atoms with Gasteiger partial charge in [0.05, 0.1) is 24.6 Å². The van der Waals surface area contributed by atoms with Gasteiger partial charge in [-0.1, -0.05) is 43.2 Å². The molecule has 43 heavy (non-hydrogen) atoms. The number of benzene rings is 3. The number of halogens is 3. The Morgan fingerprint density at radius 3 is 2.28 bits per heavy atom. The van der Waals surface area contributed by atoms with Crippen LogP contribution in [0.3, 0.4) is 0 Å². The zero-order chi connectivity index (χ0) is 30.8. The number of nitrogens with zero attached hydrogens (tertiary/aromatic N) is 1. The molecule has 2 aliphatic rings. The van der Waals surface area contributed by atoms with Crippen LogP contribution >= 0.6 is 0 Å². The molecule has 0 radical (unpaired) electrons. The number of piperidine rings is 1. The van der Waals surface area contributed by atoms with Gasteiger partial charge in [0.1, 0.15) is 10.6 Å². The third-order valence-corrected chi connectivity index (χ3v) is 10.3. The Bertz CT molecular complexity index is 1550. The van der Waals surface area contributed by atoms with Crippen molar-refractivity contribution in [2.24, 2.45) is 5.92 Å². The van der Waals surface area contributed by atoms with Crippen LogP contribution in [0.5, 0.6) is 5.75 Å². The van der Waals surface area contributed by atoms with Crippen molar-refractivity contribution in [2.45, 2.75) is 68.6 Å². The second kappa shape index (κ2) is 12.6. The number of hydrogen-bond donors (Lipinski definition) is 2. The summed E-state index contributed by atoms with van der Waals surface area (Å²) in [5.74, 6) is -1.22. The molecule has 5 rings (SSSR count). The van der Waals surface area contributed by atoms with Crippen molar-refractivity contribution in [3.63, 3.8) is 0 Å². The predicted molar refractivity (Wildman–Crippen MR) is 159 cm³/mol. The number of anilines is 2. The number of alkyl halides is 3. The Kier molecular flexibility index (Phi) is 9.03. The fourth-order valence-electron chi connectivity index (χ4n) is 6.19. The molecule has 0 spiro atoms. The number of amides is 1. The predicted octanol–water partition coefficient (Wildman–Crippen LogP) is 7.16. The summed E-state index contributed by atoms with van der Waals surface area (Å²) in [6.07, 6.45) is 0.706. The summed E-state index contributed by atoms with van der Waals surface area (Å²) >= 11 is 0. The minimum absolute atomic E-state index is 0.00231. The lowest BCUT2D eigenvalue weighted by molar-refractivity contribution is -0.138. The van der Waals surface area contributed by atoms with Gasteiger partial charge in [0.25, 0.3) is 0 Å². The van der Waals surface area contributed by atoms with E-state index >= 15 is 0 Å². The highest BCUT2D eigenvalue weighted by Gasteiger charge is 2.44. The number of rotatable bonds is 8. The molecule has 1 saturated heterocycles. The molecule has 1 aliphatic heterocycles. The van der Waals surface area contributed by atoms with Gasteiger partial charge in [0.15, 0.2) is 0 Å². The molecule has 2 atom stereocenters. The molecule has 0 bridgehead atoms. The average molecular weight is 616 g/mol. The smallest absolute Gasteiger partial charge is 0.416 e. The maximum Gasteiger partial charge on any atom is 0.416 e. The number of carbonyl (C=O) groups is 1. The van der Waals surface area contributed by atoms with E-state index < -0.39 is 39.6 Å². The Labute approximate surface area is 250 Å². The van der Waals surface area contributed by atoms with Gasteiger partial charge in [-0.3, -0.25) is 4.79 Å². The third kappa shape index (κ3) is 6.67. The van der Waals surface area contributed by atoms with Crippen LogP contribution < -0.4 is 15.4 Å². The molecule has 230 valence electrons. The minimum Gasteiger partial charge on any atom is -0.495 e. The van der Waals surface area contributed by atoms with Crippen LogP contribution in [0.25, 0.3) is 0 Å². The zero-order valence-corrected chi connectivity index (χ0v) is 25.0. The molecular formula is C32H36F3N3O4S. The summed E-state index contributed by atoms with van der Waals surface area (Å²) in [6, 6.07) is 16.9. The topological polar surface area (TPSA) is 87.7 Å². The van der Waals surface area contributed by atoms with Crippen LogP contribution in [0.15, 0.2) is 71.6 Å². The van der Waals surface area contributed by atoms with Gasteiger partial charge < -0.3 is 15.4 Å². The molecule has 11 heteroatoms. The van der Waals surface area contributed by atoms with E-state index in [1.165, 1.54) is 49.4 Å². The van der Waals surface area contributed by atoms with Crippen molar-refractivity contribution in [2.75, 3.05) is 24.3 Å². The summed E-state index contributed by atoms with van der Waals surface area (Å²) < 4.78 is 75.7. The lowest BCUT2D eigenvalue weighted by Crippen LogP contribution is -2.46. The summed E-state index contributed by atoms with van der Waals surface area (Å²) in [5.41, 5.74) is 0.737. The highest BCUT2D eigenvalue weighted by Crippen LogP contribution is 2.42. The van der Waals surface area contributed by atoms with Gasteiger partial charge in [0, 0.05) is 24.0 Å². The van der Waals surface area contributed by atoms with Crippen molar-refractivity contribution in [1.29, 1.82) is 0 Å². The number of nitrogens with one attached hydrogen (secondary N) is 2. The Morgan fingerprint density at radius 1 is 0.930 bits per heavy atom. The van der Waals surface area contributed by atoms with E-state index in [0.29, 0.717) is 24.4 Å². The first kappa shape index (κ1) is 30.9. The quantitative estimate of drug-likeness (QED) is 0.281. The van der Waals surface area contributed by atoms with Gasteiger partial charge in [0.2, 0.25) is 15.9 Å². The molecular weight excluding hydrogens is 579 g/mol. The van der Waals surface area contributed by atoms with Crippen LogP contribution in [0.1, 0.15) is 61.3 Å². The molecule has 0 aromatic heterocycles. The Balaban J connectivity index is 1.51. The monoisotopic (exact) mass is 615 g/mol. The molecule has 3 aromatic carbocycles. The highest BCUT2D eigenvalue weighted by molar-refractivity contribution is 7.89. The number of carbonyl (C=O) groups excluding carboxylic acids is 1. The number of para-hydroxylation sites is 1. The van der Waals surface area contributed by atoms with Crippen molar-refractivity contribution in [3.8, 4) is 5.75 Å². The van der Waals surface area contributed by atoms with E-state index in [9.17, 15) is 26.4 Å². The summed E-state index contributed by atoms with van der Waals surface area (Å²) in [6.45, 7) is 1.52. The summed E-state index contributed by atoms with van der Waals surface area (Å²) in [4.78, 5) is 13.8. The van der Waals surface area contributed by atoms with Crippen molar-refractivity contribution in [3.05, 3.63) is 83.4 Å². The van der Waals surface area contributed by atoms with Crippen LogP contribution in [-0.2, 0) is 21.0 Å². The molecule has 0 unspecified atom stereocenters. The second-order valence-electron chi connectivity index (χ2n) is 11.2. The van der Waals surface area contributed by atoms with E-state index in [1.54, 1.807) is 18.2 Å². The van der Waals surface area contributed by atoms with Crippen LogP contribution in [0, 0.1) is 12.8 Å². The maximum absolute atomic E-state index is 14.1. The lowest BCUT2D eigenvalue weighted by Gasteiger charge is -2.40. The molecule has 1 aliphatic carbocycles. The molecule has 3 aromatic rings. The standard InChI is InChI=1S/C32H36F3N3O4S/c1-21-13-16-25(20-27(21)32(33,34)35)37-31(39)26-10-7-19-38(43(40,41)29-12-6-5-11-28(29)42-2)30(26)22-14-17-24(18-15-22)36-23-8-3-4-9-23/h5-6,11-18,20,23,26,30,36H,3-4,7-10,19H2,1-2H3,(H,37,39)/t26-,30-/m0/s1. The molecule has 1 saturated carbocycles. The molecule has 1 amide bonds. The number of sulfonamides is 1. The van der Waals surface area contributed by atoms with Crippen LogP contribution in [0.4, 0.5) is 24.5 Å². The van der Waals surface area contributed by atoms with Crippen LogP contribution in [-0.4, -0.2) is 38.3 Å². The van der Waals surface area contributed by atoms with Crippen molar-refractivity contribution < 1.29 is 31.1 Å². The average Bonchev–Trinajstić information content (AvgIpc) is 3.50. The van der Waals surface area contributed by atoms with Crippen molar-refractivity contribution in [1.82, 2.24) is 4.31 Å². The van der Waals surface area contributed by atoms with Gasteiger partial charge in [-0.2, -0.15) is 17.5 Å². The second-order valence-corrected chi connectivity index (χ2v) is 13.1. The van der Waals surface area contributed by atoms with E-state index in [2.05, 4.69) is 10.6 Å². The number of methoxy groups -OCH3 is 1. The first-order valence-corrected chi connectivity index (χ1v) is 15.9. The first-order chi connectivity index (χ1) is 20.5. The number of ether oxygens (including phenoxy) is 1. The molecule has 2 N–H and O–H groups in total. The minimum atomic E-state index is -4.58. The Morgan fingerprint density at radius 2 is 1.60 bits per heavy atom. The Hall–Kier alpha value is -3.57. The lowest BCUT2D eigenvalue weighted by atomic mass is 9.85. The maximum atomic E-state index is 14.1. The van der Waals surface area contributed by atoms with Gasteiger partial charge in [-0.05, 0) is 80.1 Å². The number of aryl methyl sites for hydroxylation is 1. The SMILES string of the molecule is COc1ccccc1S(=O)(=O)N1CCC[C@H](C(=O)Nc2ccc(C)c(C(F)(F)F)c2)[C@@H]1c1ccc(NC2CCCC2)cc1.